The van der Waals surface area contributed by atoms with Gasteiger partial charge in [-0.2, -0.15) is 0 Å². The highest BCUT2D eigenvalue weighted by atomic mass is 35.5. The molecule has 0 radical (unpaired) electrons. The minimum Gasteiger partial charge on any atom is -0.353 e. The van der Waals surface area contributed by atoms with E-state index in [-0.39, 0.29) is 18.0 Å². The van der Waals surface area contributed by atoms with Gasteiger partial charge in [0, 0.05) is 31.2 Å². The van der Waals surface area contributed by atoms with Crippen molar-refractivity contribution in [2.75, 3.05) is 31.1 Å². The lowest BCUT2D eigenvalue weighted by atomic mass is 10.1. The summed E-state index contributed by atoms with van der Waals surface area (Å²) >= 11 is 7.58. The minimum absolute atomic E-state index is 0.0446. The predicted molar refractivity (Wildman–Crippen MR) is 119 cm³/mol. The number of carbonyl (C=O) groups is 1. The summed E-state index contributed by atoms with van der Waals surface area (Å²) in [5.41, 5.74) is 1.04. The molecule has 2 unspecified atom stereocenters. The van der Waals surface area contributed by atoms with Crippen molar-refractivity contribution in [1.29, 1.82) is 0 Å². The molecule has 1 fully saturated rings. The highest BCUT2D eigenvalue weighted by Crippen LogP contribution is 2.27. The van der Waals surface area contributed by atoms with Gasteiger partial charge in [-0.3, -0.25) is 9.69 Å². The number of halogens is 1. The molecule has 0 spiro atoms. The van der Waals surface area contributed by atoms with Gasteiger partial charge in [-0.15, -0.1) is 11.3 Å². The van der Waals surface area contributed by atoms with Crippen LogP contribution in [-0.2, 0) is 4.79 Å². The van der Waals surface area contributed by atoms with E-state index >= 15 is 0 Å². The van der Waals surface area contributed by atoms with Crippen molar-refractivity contribution in [1.82, 2.24) is 20.2 Å². The Morgan fingerprint density at radius 1 is 1.10 bits per heavy atom. The van der Waals surface area contributed by atoms with Crippen LogP contribution in [-0.4, -0.2) is 53.0 Å². The average Bonchev–Trinajstić information content (AvgIpc) is 3.22. The van der Waals surface area contributed by atoms with Gasteiger partial charge in [-0.25, -0.2) is 9.97 Å². The number of carbonyl (C=O) groups excluding carboxylic acids is 1. The third-order valence-corrected chi connectivity index (χ3v) is 6.58. The molecule has 1 saturated heterocycles. The van der Waals surface area contributed by atoms with Crippen molar-refractivity contribution in [2.45, 2.75) is 25.9 Å². The van der Waals surface area contributed by atoms with Crippen molar-refractivity contribution < 1.29 is 4.79 Å². The van der Waals surface area contributed by atoms with Crippen LogP contribution in [0.1, 0.15) is 25.5 Å². The van der Waals surface area contributed by atoms with Crippen molar-refractivity contribution in [3.8, 4) is 0 Å². The minimum atomic E-state index is -0.182. The lowest BCUT2D eigenvalue weighted by Gasteiger charge is -2.38. The molecule has 4 rings (SSSR count). The Kier molecular flexibility index (Phi) is 5.99. The molecule has 0 bridgehead atoms. The van der Waals surface area contributed by atoms with Crippen molar-refractivity contribution in [2.24, 2.45) is 0 Å². The van der Waals surface area contributed by atoms with Gasteiger partial charge >= 0.3 is 0 Å². The van der Waals surface area contributed by atoms with Crippen LogP contribution in [0, 0.1) is 0 Å². The maximum absolute atomic E-state index is 12.8. The van der Waals surface area contributed by atoms with E-state index in [1.807, 2.05) is 43.5 Å². The molecule has 1 aliphatic heterocycles. The Labute approximate surface area is 179 Å². The zero-order valence-corrected chi connectivity index (χ0v) is 18.1. The summed E-state index contributed by atoms with van der Waals surface area (Å²) in [7, 11) is 0. The highest BCUT2D eigenvalue weighted by molar-refractivity contribution is 7.16. The van der Waals surface area contributed by atoms with E-state index in [1.54, 1.807) is 17.7 Å². The molecule has 1 aliphatic rings. The van der Waals surface area contributed by atoms with Crippen LogP contribution in [0.5, 0.6) is 0 Å². The van der Waals surface area contributed by atoms with Gasteiger partial charge in [-0.1, -0.05) is 23.7 Å². The fourth-order valence-electron chi connectivity index (χ4n) is 3.68. The Balaban J connectivity index is 1.34. The van der Waals surface area contributed by atoms with Gasteiger partial charge in [0.05, 0.1) is 17.5 Å². The summed E-state index contributed by atoms with van der Waals surface area (Å²) < 4.78 is 0. The molecule has 0 aliphatic carbocycles. The van der Waals surface area contributed by atoms with E-state index in [1.165, 1.54) is 0 Å². The number of nitrogens with zero attached hydrogens (tertiary/aromatic N) is 4. The zero-order valence-electron chi connectivity index (χ0n) is 16.5. The summed E-state index contributed by atoms with van der Waals surface area (Å²) in [5.74, 6) is 1.03. The second-order valence-electron chi connectivity index (χ2n) is 7.32. The molecule has 0 saturated carbocycles. The molecule has 6 nitrogen and oxygen atoms in total. The molecule has 1 N–H and O–H groups in total. The van der Waals surface area contributed by atoms with Crippen LogP contribution in [0.15, 0.2) is 42.0 Å². The number of hydrogen-bond donors (Lipinski definition) is 1. The number of benzene rings is 1. The number of thiophene rings is 1. The first-order chi connectivity index (χ1) is 14.0. The lowest BCUT2D eigenvalue weighted by Crippen LogP contribution is -2.54. The van der Waals surface area contributed by atoms with Crippen molar-refractivity contribution in [3.63, 3.8) is 0 Å². The molecule has 2 aromatic heterocycles. The number of hydrogen-bond acceptors (Lipinski definition) is 6. The fraction of sp³-hybridized carbons (Fsp3) is 0.381. The van der Waals surface area contributed by atoms with E-state index < -0.39 is 0 Å². The molecule has 8 heteroatoms. The Morgan fingerprint density at radius 3 is 2.55 bits per heavy atom. The second-order valence-corrected chi connectivity index (χ2v) is 8.65. The first kappa shape index (κ1) is 20.1. The average molecular weight is 430 g/mol. The van der Waals surface area contributed by atoms with Crippen molar-refractivity contribution >= 4 is 44.9 Å². The quantitative estimate of drug-likeness (QED) is 0.669. The van der Waals surface area contributed by atoms with Crippen LogP contribution in [0.4, 0.5) is 5.82 Å². The molecule has 152 valence electrons. The number of fused-ring (bicyclic) bond motifs is 1. The molecule has 1 aromatic carbocycles. The number of anilines is 1. The smallest absolute Gasteiger partial charge is 0.237 e. The number of rotatable bonds is 5. The van der Waals surface area contributed by atoms with E-state index in [0.29, 0.717) is 5.02 Å². The van der Waals surface area contributed by atoms with Crippen molar-refractivity contribution in [3.05, 3.63) is 52.6 Å². The van der Waals surface area contributed by atoms with Crippen LogP contribution < -0.4 is 10.2 Å². The Bertz CT molecular complexity index is 984. The number of aromatic nitrogens is 2. The maximum atomic E-state index is 12.8. The van der Waals surface area contributed by atoms with E-state index in [0.717, 1.165) is 47.8 Å². The summed E-state index contributed by atoms with van der Waals surface area (Å²) in [6.07, 6.45) is 1.63. The SMILES string of the molecule is CC(NC(=O)C(C)N1CCN(c2ncnc3sccc23)CC1)c1ccc(Cl)cc1. The van der Waals surface area contributed by atoms with E-state index in [9.17, 15) is 4.79 Å². The first-order valence-electron chi connectivity index (χ1n) is 9.76. The van der Waals surface area contributed by atoms with Crippen LogP contribution in [0.25, 0.3) is 10.2 Å². The van der Waals surface area contributed by atoms with E-state index in [4.69, 9.17) is 11.6 Å². The zero-order chi connectivity index (χ0) is 20.4. The largest absolute Gasteiger partial charge is 0.353 e. The third-order valence-electron chi connectivity index (χ3n) is 5.51. The topological polar surface area (TPSA) is 61.4 Å². The Hall–Kier alpha value is -2.22. The summed E-state index contributed by atoms with van der Waals surface area (Å²) in [4.78, 5) is 27.1. The molecule has 29 heavy (non-hydrogen) atoms. The highest BCUT2D eigenvalue weighted by Gasteiger charge is 2.27. The standard InChI is InChI=1S/C21H24ClN5OS/c1-14(16-3-5-17(22)6-4-16)25-20(28)15(2)26-8-10-27(11-9-26)19-18-7-12-29-21(18)24-13-23-19/h3-7,12-15H,8-11H2,1-2H3,(H,25,28). The monoisotopic (exact) mass is 429 g/mol. The van der Waals surface area contributed by atoms with Gasteiger partial charge in [0.1, 0.15) is 17.0 Å². The number of amides is 1. The molecular formula is C21H24ClN5OS. The number of nitrogens with one attached hydrogen (secondary N) is 1. The predicted octanol–water partition coefficient (Wildman–Crippen LogP) is 3.73. The van der Waals surface area contributed by atoms with Gasteiger partial charge in [0.25, 0.3) is 0 Å². The fourth-order valence-corrected chi connectivity index (χ4v) is 4.54. The van der Waals surface area contributed by atoms with Gasteiger partial charge < -0.3 is 10.2 Å². The second kappa shape index (κ2) is 8.65. The van der Waals surface area contributed by atoms with Crippen LogP contribution in [0.2, 0.25) is 5.02 Å². The maximum Gasteiger partial charge on any atom is 0.237 e. The molecule has 3 heterocycles. The van der Waals surface area contributed by atoms with E-state index in [2.05, 4.69) is 31.2 Å². The van der Waals surface area contributed by atoms with Gasteiger partial charge in [0.15, 0.2) is 0 Å². The lowest BCUT2D eigenvalue weighted by molar-refractivity contribution is -0.126. The molecule has 3 aromatic rings. The Morgan fingerprint density at radius 2 is 1.83 bits per heavy atom. The summed E-state index contributed by atoms with van der Waals surface area (Å²) in [5, 5.41) is 6.97. The van der Waals surface area contributed by atoms with Crippen LogP contribution >= 0.6 is 22.9 Å². The first-order valence-corrected chi connectivity index (χ1v) is 11.0. The normalized spacial score (nSPS) is 17.3. The number of piperazine rings is 1. The van der Waals surface area contributed by atoms with Gasteiger partial charge in [0.2, 0.25) is 5.91 Å². The third kappa shape index (κ3) is 4.37. The molecule has 1 amide bonds. The van der Waals surface area contributed by atoms with Crippen LogP contribution in [0.3, 0.4) is 0 Å². The summed E-state index contributed by atoms with van der Waals surface area (Å²) in [6.45, 7) is 7.28. The molecular weight excluding hydrogens is 406 g/mol. The summed E-state index contributed by atoms with van der Waals surface area (Å²) in [6, 6.07) is 9.43. The van der Waals surface area contributed by atoms with Gasteiger partial charge in [-0.05, 0) is 43.0 Å². The molecule has 2 atom stereocenters.